The van der Waals surface area contributed by atoms with Crippen molar-refractivity contribution in [3.05, 3.63) is 36.4 Å². The Kier molecular flexibility index (Phi) is 5.65. The second-order valence-electron chi connectivity index (χ2n) is 4.67. The number of hydrogen-bond donors (Lipinski definition) is 2. The van der Waals surface area contributed by atoms with Crippen molar-refractivity contribution < 1.29 is 14.8 Å². The summed E-state index contributed by atoms with van der Waals surface area (Å²) in [5.41, 5.74) is 1.56. The summed E-state index contributed by atoms with van der Waals surface area (Å²) in [6.45, 7) is 2.94. The van der Waals surface area contributed by atoms with Crippen molar-refractivity contribution in [1.82, 2.24) is 0 Å². The predicted octanol–water partition coefficient (Wildman–Crippen LogP) is 2.66. The van der Waals surface area contributed by atoms with Gasteiger partial charge in [-0.15, -0.1) is 0 Å². The molecule has 0 aliphatic rings. The molecular weight excluding hydrogens is 271 g/mol. The SMILES string of the molecule is CCCCCOc1ccc(-c2ccc(B(O)O)cc2)s1. The topological polar surface area (TPSA) is 49.7 Å². The first-order chi connectivity index (χ1) is 9.70. The number of thiophene rings is 1. The van der Waals surface area contributed by atoms with Gasteiger partial charge >= 0.3 is 7.12 Å². The molecule has 0 aliphatic heterocycles. The van der Waals surface area contributed by atoms with E-state index in [9.17, 15) is 0 Å². The molecule has 1 heterocycles. The first-order valence-electron chi connectivity index (χ1n) is 6.90. The molecule has 0 radical (unpaired) electrons. The molecule has 3 nitrogen and oxygen atoms in total. The van der Waals surface area contributed by atoms with Crippen LogP contribution in [0, 0.1) is 0 Å². The molecular formula is C15H19BO3S. The second kappa shape index (κ2) is 7.48. The van der Waals surface area contributed by atoms with Gasteiger partial charge in [0.05, 0.1) is 6.61 Å². The Morgan fingerprint density at radius 1 is 1.05 bits per heavy atom. The Morgan fingerprint density at radius 3 is 2.45 bits per heavy atom. The van der Waals surface area contributed by atoms with E-state index in [4.69, 9.17) is 14.8 Å². The van der Waals surface area contributed by atoms with Crippen LogP contribution < -0.4 is 10.2 Å². The van der Waals surface area contributed by atoms with Crippen molar-refractivity contribution in [2.24, 2.45) is 0 Å². The van der Waals surface area contributed by atoms with Crippen LogP contribution in [0.2, 0.25) is 0 Å². The third kappa shape index (κ3) is 4.10. The third-order valence-corrected chi connectivity index (χ3v) is 4.11. The van der Waals surface area contributed by atoms with Crippen LogP contribution in [0.1, 0.15) is 26.2 Å². The summed E-state index contributed by atoms with van der Waals surface area (Å²) in [6.07, 6.45) is 3.48. The monoisotopic (exact) mass is 290 g/mol. The first kappa shape index (κ1) is 15.1. The highest BCUT2D eigenvalue weighted by Crippen LogP contribution is 2.32. The van der Waals surface area contributed by atoms with Crippen molar-refractivity contribution in [3.63, 3.8) is 0 Å². The molecule has 0 atom stereocenters. The van der Waals surface area contributed by atoms with Crippen molar-refractivity contribution in [3.8, 4) is 15.5 Å². The van der Waals surface area contributed by atoms with Gasteiger partial charge < -0.3 is 14.8 Å². The van der Waals surface area contributed by atoms with E-state index in [2.05, 4.69) is 6.92 Å². The maximum absolute atomic E-state index is 9.07. The molecule has 1 aromatic carbocycles. The molecule has 2 aromatic rings. The van der Waals surface area contributed by atoms with Crippen LogP contribution >= 0.6 is 11.3 Å². The van der Waals surface area contributed by atoms with Gasteiger partial charge in [0.1, 0.15) is 0 Å². The molecule has 2 rings (SSSR count). The molecule has 0 unspecified atom stereocenters. The Labute approximate surface area is 124 Å². The summed E-state index contributed by atoms with van der Waals surface area (Å²) in [5, 5.41) is 19.1. The standard InChI is InChI=1S/C15H19BO3S/c1-2-3-4-11-19-15-10-9-14(20-15)12-5-7-13(8-6-12)16(17)18/h5-10,17-18H,2-4,11H2,1H3. The van der Waals surface area contributed by atoms with E-state index in [0.29, 0.717) is 5.46 Å². The minimum atomic E-state index is -1.41. The largest absolute Gasteiger partial charge is 0.488 e. The number of unbranched alkanes of at least 4 members (excludes halogenated alkanes) is 2. The molecule has 0 saturated carbocycles. The average molecular weight is 290 g/mol. The molecule has 106 valence electrons. The second-order valence-corrected chi connectivity index (χ2v) is 5.72. The predicted molar refractivity (Wildman–Crippen MR) is 84.6 cm³/mol. The maximum Gasteiger partial charge on any atom is 0.488 e. The number of rotatable bonds is 7. The van der Waals surface area contributed by atoms with E-state index in [1.807, 2.05) is 24.3 Å². The summed E-state index contributed by atoms with van der Waals surface area (Å²) in [4.78, 5) is 1.12. The lowest BCUT2D eigenvalue weighted by Gasteiger charge is -2.02. The van der Waals surface area contributed by atoms with Crippen LogP contribution in [0.25, 0.3) is 10.4 Å². The lowest BCUT2D eigenvalue weighted by atomic mass is 9.80. The van der Waals surface area contributed by atoms with E-state index in [1.54, 1.807) is 23.5 Å². The molecule has 0 saturated heterocycles. The number of hydrogen-bond acceptors (Lipinski definition) is 4. The minimum Gasteiger partial charge on any atom is -0.484 e. The molecule has 5 heteroatoms. The highest BCUT2D eigenvalue weighted by Gasteiger charge is 2.10. The van der Waals surface area contributed by atoms with Crippen LogP contribution in [0.5, 0.6) is 5.06 Å². The lowest BCUT2D eigenvalue weighted by Crippen LogP contribution is -2.29. The van der Waals surface area contributed by atoms with Crippen molar-refractivity contribution in [2.45, 2.75) is 26.2 Å². The summed E-state index contributed by atoms with van der Waals surface area (Å²) < 4.78 is 5.71. The normalized spacial score (nSPS) is 10.6. The quantitative estimate of drug-likeness (QED) is 0.609. The molecule has 2 N–H and O–H groups in total. The zero-order valence-electron chi connectivity index (χ0n) is 11.6. The van der Waals surface area contributed by atoms with Gasteiger partial charge in [-0.2, -0.15) is 0 Å². The van der Waals surface area contributed by atoms with Gasteiger partial charge in [-0.25, -0.2) is 0 Å². The highest BCUT2D eigenvalue weighted by molar-refractivity contribution is 7.17. The van der Waals surface area contributed by atoms with Crippen LogP contribution in [-0.4, -0.2) is 23.8 Å². The van der Waals surface area contributed by atoms with Gasteiger partial charge in [0.2, 0.25) is 0 Å². The van der Waals surface area contributed by atoms with E-state index in [0.717, 1.165) is 28.5 Å². The maximum atomic E-state index is 9.07. The fraction of sp³-hybridized carbons (Fsp3) is 0.333. The molecule has 0 amide bonds. The van der Waals surface area contributed by atoms with Crippen LogP contribution in [0.15, 0.2) is 36.4 Å². The molecule has 20 heavy (non-hydrogen) atoms. The Morgan fingerprint density at radius 2 is 1.80 bits per heavy atom. The zero-order chi connectivity index (χ0) is 14.4. The first-order valence-corrected chi connectivity index (χ1v) is 7.71. The van der Waals surface area contributed by atoms with Gasteiger partial charge in [-0.1, -0.05) is 55.4 Å². The Balaban J connectivity index is 1.97. The summed E-state index contributed by atoms with van der Waals surface area (Å²) in [6, 6.07) is 11.2. The Bertz CT molecular complexity index is 522. The van der Waals surface area contributed by atoms with Gasteiger partial charge in [-0.05, 0) is 29.6 Å². The van der Waals surface area contributed by atoms with Gasteiger partial charge in [0, 0.05) is 4.88 Å². The van der Waals surface area contributed by atoms with Gasteiger partial charge in [-0.3, -0.25) is 0 Å². The molecule has 0 bridgehead atoms. The van der Waals surface area contributed by atoms with Crippen molar-refractivity contribution >= 4 is 23.9 Å². The van der Waals surface area contributed by atoms with Crippen molar-refractivity contribution in [1.29, 1.82) is 0 Å². The fourth-order valence-electron chi connectivity index (χ4n) is 1.90. The van der Waals surface area contributed by atoms with E-state index in [1.165, 1.54) is 12.8 Å². The Hall–Kier alpha value is -1.30. The number of benzene rings is 1. The van der Waals surface area contributed by atoms with Gasteiger partial charge in [0.15, 0.2) is 5.06 Å². The lowest BCUT2D eigenvalue weighted by molar-refractivity contribution is 0.315. The van der Waals surface area contributed by atoms with E-state index >= 15 is 0 Å². The number of ether oxygens (including phenoxy) is 1. The molecule has 0 spiro atoms. The van der Waals surface area contributed by atoms with E-state index in [-0.39, 0.29) is 0 Å². The molecule has 0 fully saturated rings. The smallest absolute Gasteiger partial charge is 0.484 e. The summed E-state index contributed by atoms with van der Waals surface area (Å²) in [7, 11) is -1.41. The van der Waals surface area contributed by atoms with Gasteiger partial charge in [0.25, 0.3) is 0 Å². The molecule has 1 aromatic heterocycles. The van der Waals surface area contributed by atoms with Crippen LogP contribution in [-0.2, 0) is 0 Å². The fourth-order valence-corrected chi connectivity index (χ4v) is 2.78. The third-order valence-electron chi connectivity index (χ3n) is 3.07. The van der Waals surface area contributed by atoms with Crippen molar-refractivity contribution in [2.75, 3.05) is 6.61 Å². The highest BCUT2D eigenvalue weighted by atomic mass is 32.1. The molecule has 0 aliphatic carbocycles. The van der Waals surface area contributed by atoms with E-state index < -0.39 is 7.12 Å². The van der Waals surface area contributed by atoms with Crippen LogP contribution in [0.3, 0.4) is 0 Å². The minimum absolute atomic E-state index is 0.501. The van der Waals surface area contributed by atoms with Crippen LogP contribution in [0.4, 0.5) is 0 Å². The summed E-state index contributed by atoms with van der Waals surface area (Å²) in [5.74, 6) is 0. The zero-order valence-corrected chi connectivity index (χ0v) is 12.4. The average Bonchev–Trinajstić information content (AvgIpc) is 2.92. The summed E-state index contributed by atoms with van der Waals surface area (Å²) >= 11 is 1.61.